The Hall–Kier alpha value is -1.05. The molecule has 1 aliphatic carbocycles. The van der Waals surface area contributed by atoms with Gasteiger partial charge in [0.1, 0.15) is 0 Å². The van der Waals surface area contributed by atoms with Crippen LogP contribution in [0.15, 0.2) is 24.3 Å². The minimum absolute atomic E-state index is 0.543. The van der Waals surface area contributed by atoms with E-state index >= 15 is 0 Å². The summed E-state index contributed by atoms with van der Waals surface area (Å²) >= 11 is 0. The van der Waals surface area contributed by atoms with Crippen molar-refractivity contribution in [3.05, 3.63) is 24.3 Å². The largest absolute Gasteiger partial charge is 0.481 e. The first-order chi connectivity index (χ1) is 5.10. The average Bonchev–Trinajstić information content (AvgIpc) is 2.69. The highest BCUT2D eigenvalue weighted by atomic mass is 16.4. The third-order valence-corrected chi connectivity index (χ3v) is 2.04. The number of rotatable bonds is 3. The summed E-state index contributed by atoms with van der Waals surface area (Å²) in [7, 11) is 0. The third-order valence-electron chi connectivity index (χ3n) is 2.04. The summed E-state index contributed by atoms with van der Waals surface area (Å²) in [5, 5.41) is 8.77. The van der Waals surface area contributed by atoms with Gasteiger partial charge in [-0.1, -0.05) is 24.3 Å². The Balaban J connectivity index is 2.75. The second kappa shape index (κ2) is 2.53. The molecule has 1 fully saturated rings. The van der Waals surface area contributed by atoms with Crippen molar-refractivity contribution in [2.75, 3.05) is 0 Å². The highest BCUT2D eigenvalue weighted by molar-refractivity contribution is 5.80. The molecule has 0 bridgehead atoms. The number of allylic oxidation sites excluding steroid dienone is 2. The Morgan fingerprint density at radius 2 is 2.18 bits per heavy atom. The summed E-state index contributed by atoms with van der Waals surface area (Å²) in [6.07, 6.45) is 5.02. The summed E-state index contributed by atoms with van der Waals surface area (Å²) in [5.41, 5.74) is 0.406. The maximum Gasteiger partial charge on any atom is 0.313 e. The van der Waals surface area contributed by atoms with Crippen molar-refractivity contribution in [3.8, 4) is 0 Å². The first-order valence-electron chi connectivity index (χ1n) is 3.66. The van der Waals surface area contributed by atoms with Gasteiger partial charge in [-0.15, -0.1) is 0 Å². The lowest BCUT2D eigenvalue weighted by atomic mass is 10.0. The fourth-order valence-electron chi connectivity index (χ4n) is 1.05. The second-order valence-electron chi connectivity index (χ2n) is 3.05. The van der Waals surface area contributed by atoms with Gasteiger partial charge in [-0.25, -0.2) is 0 Å². The van der Waals surface area contributed by atoms with Crippen LogP contribution >= 0.6 is 0 Å². The summed E-state index contributed by atoms with van der Waals surface area (Å²) in [5.74, 6) is -0.710. The monoisotopic (exact) mass is 152 g/mol. The van der Waals surface area contributed by atoms with Crippen LogP contribution in [0.1, 0.15) is 19.8 Å². The molecule has 1 rings (SSSR count). The van der Waals surface area contributed by atoms with E-state index < -0.39 is 11.4 Å². The van der Waals surface area contributed by atoms with Crippen LogP contribution in [0.5, 0.6) is 0 Å². The van der Waals surface area contributed by atoms with Gasteiger partial charge >= 0.3 is 5.97 Å². The van der Waals surface area contributed by atoms with E-state index in [0.29, 0.717) is 0 Å². The Morgan fingerprint density at radius 3 is 2.45 bits per heavy atom. The lowest BCUT2D eigenvalue weighted by Crippen LogP contribution is -2.11. The Labute approximate surface area is 66.2 Å². The van der Waals surface area contributed by atoms with E-state index in [4.69, 9.17) is 5.11 Å². The first kappa shape index (κ1) is 8.05. The molecule has 0 aromatic rings. The van der Waals surface area contributed by atoms with Gasteiger partial charge in [0.2, 0.25) is 0 Å². The third kappa shape index (κ3) is 1.50. The van der Waals surface area contributed by atoms with Crippen LogP contribution in [-0.4, -0.2) is 11.1 Å². The topological polar surface area (TPSA) is 37.3 Å². The standard InChI is InChI=1S/C9H12O2/c1-3-7(2)6-9(4-5-9)8(10)11/h3,6H,1,4-5H2,2H3,(H,10,11). The van der Waals surface area contributed by atoms with Gasteiger partial charge in [0.05, 0.1) is 5.41 Å². The van der Waals surface area contributed by atoms with E-state index in [-0.39, 0.29) is 0 Å². The maximum absolute atomic E-state index is 10.7. The van der Waals surface area contributed by atoms with Crippen LogP contribution < -0.4 is 0 Å². The van der Waals surface area contributed by atoms with Crippen LogP contribution in [-0.2, 0) is 4.79 Å². The fraction of sp³-hybridized carbons (Fsp3) is 0.444. The van der Waals surface area contributed by atoms with Crippen LogP contribution in [0, 0.1) is 5.41 Å². The zero-order valence-corrected chi connectivity index (χ0v) is 6.63. The molecule has 1 saturated carbocycles. The molecule has 0 radical (unpaired) electrons. The lowest BCUT2D eigenvalue weighted by molar-refractivity contribution is -0.141. The van der Waals surface area contributed by atoms with Crippen molar-refractivity contribution in [1.82, 2.24) is 0 Å². The summed E-state index contributed by atoms with van der Waals surface area (Å²) in [6, 6.07) is 0. The Kier molecular flexibility index (Phi) is 1.85. The second-order valence-corrected chi connectivity index (χ2v) is 3.05. The van der Waals surface area contributed by atoms with E-state index in [9.17, 15) is 4.79 Å². The quantitative estimate of drug-likeness (QED) is 0.628. The predicted octanol–water partition coefficient (Wildman–Crippen LogP) is 1.98. The van der Waals surface area contributed by atoms with E-state index in [2.05, 4.69) is 6.58 Å². The Morgan fingerprint density at radius 1 is 1.64 bits per heavy atom. The van der Waals surface area contributed by atoms with Gasteiger partial charge in [0, 0.05) is 0 Å². The molecule has 0 unspecified atom stereocenters. The van der Waals surface area contributed by atoms with Crippen LogP contribution in [0.4, 0.5) is 0 Å². The van der Waals surface area contributed by atoms with Crippen LogP contribution in [0.3, 0.4) is 0 Å². The number of carboxylic acid groups (broad SMARTS) is 1. The van der Waals surface area contributed by atoms with E-state index in [1.54, 1.807) is 12.2 Å². The fourth-order valence-corrected chi connectivity index (χ4v) is 1.05. The molecule has 11 heavy (non-hydrogen) atoms. The highest BCUT2D eigenvalue weighted by Crippen LogP contribution is 2.47. The summed E-state index contributed by atoms with van der Waals surface area (Å²) in [4.78, 5) is 10.7. The van der Waals surface area contributed by atoms with E-state index in [1.807, 2.05) is 6.92 Å². The molecule has 1 aliphatic rings. The number of hydrogen-bond donors (Lipinski definition) is 1. The van der Waals surface area contributed by atoms with Gasteiger partial charge in [-0.2, -0.15) is 0 Å². The molecule has 2 heteroatoms. The van der Waals surface area contributed by atoms with Crippen LogP contribution in [0.2, 0.25) is 0 Å². The molecular formula is C9H12O2. The van der Waals surface area contributed by atoms with Gasteiger partial charge in [-0.05, 0) is 19.8 Å². The molecule has 0 spiro atoms. The van der Waals surface area contributed by atoms with E-state index in [1.165, 1.54) is 0 Å². The molecule has 0 saturated heterocycles. The smallest absolute Gasteiger partial charge is 0.313 e. The van der Waals surface area contributed by atoms with Crippen molar-refractivity contribution in [3.63, 3.8) is 0 Å². The van der Waals surface area contributed by atoms with Crippen molar-refractivity contribution < 1.29 is 9.90 Å². The van der Waals surface area contributed by atoms with Crippen LogP contribution in [0.25, 0.3) is 0 Å². The molecule has 0 atom stereocenters. The minimum atomic E-state index is -0.710. The molecule has 60 valence electrons. The molecule has 0 aliphatic heterocycles. The van der Waals surface area contributed by atoms with Crippen molar-refractivity contribution in [1.29, 1.82) is 0 Å². The first-order valence-corrected chi connectivity index (χ1v) is 3.66. The highest BCUT2D eigenvalue weighted by Gasteiger charge is 2.48. The molecule has 0 aromatic carbocycles. The SMILES string of the molecule is C=CC(C)=CC1(C(=O)O)CC1. The van der Waals surface area contributed by atoms with Crippen molar-refractivity contribution in [2.24, 2.45) is 5.41 Å². The zero-order valence-electron chi connectivity index (χ0n) is 6.63. The minimum Gasteiger partial charge on any atom is -0.481 e. The summed E-state index contributed by atoms with van der Waals surface area (Å²) < 4.78 is 0. The van der Waals surface area contributed by atoms with Gasteiger partial charge in [-0.3, -0.25) is 4.79 Å². The zero-order chi connectivity index (χ0) is 8.48. The van der Waals surface area contributed by atoms with Crippen molar-refractivity contribution >= 4 is 5.97 Å². The van der Waals surface area contributed by atoms with Gasteiger partial charge < -0.3 is 5.11 Å². The molecule has 0 aromatic heterocycles. The number of aliphatic carboxylic acids is 1. The normalized spacial score (nSPS) is 21.0. The number of carboxylic acids is 1. The molecule has 0 amide bonds. The number of hydrogen-bond acceptors (Lipinski definition) is 1. The predicted molar refractivity (Wildman–Crippen MR) is 43.3 cm³/mol. The molecular weight excluding hydrogens is 140 g/mol. The number of carbonyl (C=O) groups is 1. The average molecular weight is 152 g/mol. The molecule has 2 nitrogen and oxygen atoms in total. The molecule has 1 N–H and O–H groups in total. The Bertz CT molecular complexity index is 222. The van der Waals surface area contributed by atoms with Gasteiger partial charge in [0.25, 0.3) is 0 Å². The lowest BCUT2D eigenvalue weighted by Gasteiger charge is -2.02. The maximum atomic E-state index is 10.7. The molecule has 0 heterocycles. The van der Waals surface area contributed by atoms with Crippen molar-refractivity contribution in [2.45, 2.75) is 19.8 Å². The van der Waals surface area contributed by atoms with Gasteiger partial charge in [0.15, 0.2) is 0 Å². The van der Waals surface area contributed by atoms with E-state index in [0.717, 1.165) is 18.4 Å². The summed E-state index contributed by atoms with van der Waals surface area (Å²) in [6.45, 7) is 5.44.